The third-order valence-corrected chi connectivity index (χ3v) is 5.25. The van der Waals surface area contributed by atoms with Crippen molar-refractivity contribution in [1.29, 1.82) is 0 Å². The van der Waals surface area contributed by atoms with Gasteiger partial charge in [-0.05, 0) is 30.6 Å². The van der Waals surface area contributed by atoms with Crippen LogP contribution in [-0.2, 0) is 14.3 Å². The molecule has 1 fully saturated rings. The summed E-state index contributed by atoms with van der Waals surface area (Å²) in [5.74, 6) is -0.0704. The SMILES string of the molecule is CC(=O)O[C@H]1CC[C@]2(C)C=C(C=O)[C@@H](O)C[C@H]2C1(C)C. The van der Waals surface area contributed by atoms with E-state index in [1.165, 1.54) is 6.92 Å². The summed E-state index contributed by atoms with van der Waals surface area (Å²) in [6.07, 6.45) is 4.06. The molecule has 0 heterocycles. The molecule has 0 aromatic carbocycles. The monoisotopic (exact) mass is 280 g/mol. The van der Waals surface area contributed by atoms with Crippen molar-refractivity contribution in [2.45, 2.75) is 59.2 Å². The number of hydrogen-bond acceptors (Lipinski definition) is 4. The zero-order chi connectivity index (χ0) is 15.1. The summed E-state index contributed by atoms with van der Waals surface area (Å²) in [4.78, 5) is 22.3. The van der Waals surface area contributed by atoms with Crippen molar-refractivity contribution in [3.05, 3.63) is 11.6 Å². The third-order valence-electron chi connectivity index (χ3n) is 5.25. The maximum atomic E-state index is 11.3. The molecule has 0 amide bonds. The Morgan fingerprint density at radius 1 is 1.45 bits per heavy atom. The molecule has 4 heteroatoms. The molecule has 0 saturated heterocycles. The van der Waals surface area contributed by atoms with Gasteiger partial charge in [0.25, 0.3) is 0 Å². The van der Waals surface area contributed by atoms with Gasteiger partial charge in [-0.1, -0.05) is 26.8 Å². The Hall–Kier alpha value is -1.16. The number of hydrogen-bond donors (Lipinski definition) is 1. The zero-order valence-corrected chi connectivity index (χ0v) is 12.7. The Kier molecular flexibility index (Phi) is 3.80. The summed E-state index contributed by atoms with van der Waals surface area (Å²) in [6, 6.07) is 0. The summed E-state index contributed by atoms with van der Waals surface area (Å²) in [7, 11) is 0. The van der Waals surface area contributed by atoms with Crippen LogP contribution in [0.4, 0.5) is 0 Å². The van der Waals surface area contributed by atoms with Gasteiger partial charge in [-0.3, -0.25) is 9.59 Å². The number of ether oxygens (including phenoxy) is 1. The Labute approximate surface area is 120 Å². The van der Waals surface area contributed by atoms with E-state index in [4.69, 9.17) is 4.74 Å². The molecule has 0 spiro atoms. The van der Waals surface area contributed by atoms with Crippen LogP contribution >= 0.6 is 0 Å². The summed E-state index contributed by atoms with van der Waals surface area (Å²) in [6.45, 7) is 7.76. The molecule has 1 N–H and O–H groups in total. The van der Waals surface area contributed by atoms with Crippen molar-refractivity contribution in [3.8, 4) is 0 Å². The molecule has 0 aromatic rings. The first-order chi connectivity index (χ1) is 9.20. The highest BCUT2D eigenvalue weighted by Crippen LogP contribution is 2.57. The van der Waals surface area contributed by atoms with Gasteiger partial charge in [0.05, 0.1) is 6.10 Å². The predicted octanol–water partition coefficient (Wildman–Crippen LogP) is 2.25. The summed E-state index contributed by atoms with van der Waals surface area (Å²) in [5.41, 5.74) is 0.158. The number of aliphatic hydroxyl groups excluding tert-OH is 1. The van der Waals surface area contributed by atoms with Gasteiger partial charge in [0.1, 0.15) is 12.4 Å². The van der Waals surface area contributed by atoms with E-state index in [9.17, 15) is 14.7 Å². The number of esters is 1. The minimum Gasteiger partial charge on any atom is -0.462 e. The molecule has 4 atom stereocenters. The third kappa shape index (κ3) is 2.41. The van der Waals surface area contributed by atoms with E-state index in [1.807, 2.05) is 6.08 Å². The van der Waals surface area contributed by atoms with E-state index in [1.54, 1.807) is 0 Å². The van der Waals surface area contributed by atoms with Crippen molar-refractivity contribution in [2.75, 3.05) is 0 Å². The van der Waals surface area contributed by atoms with Crippen LogP contribution in [-0.4, -0.2) is 29.6 Å². The van der Waals surface area contributed by atoms with Crippen LogP contribution in [0.15, 0.2) is 11.6 Å². The van der Waals surface area contributed by atoms with Crippen LogP contribution in [0.25, 0.3) is 0 Å². The normalized spacial score (nSPS) is 39.5. The Balaban J connectivity index is 2.34. The number of aliphatic hydroxyl groups is 1. The average molecular weight is 280 g/mol. The van der Waals surface area contributed by atoms with Crippen LogP contribution in [0.5, 0.6) is 0 Å². The predicted molar refractivity (Wildman–Crippen MR) is 74.9 cm³/mol. The number of carbonyl (C=O) groups is 2. The number of rotatable bonds is 2. The van der Waals surface area contributed by atoms with Gasteiger partial charge in [-0.15, -0.1) is 0 Å². The molecule has 1 saturated carbocycles. The van der Waals surface area contributed by atoms with E-state index in [2.05, 4.69) is 20.8 Å². The van der Waals surface area contributed by atoms with Crippen molar-refractivity contribution in [3.63, 3.8) is 0 Å². The van der Waals surface area contributed by atoms with E-state index in [0.29, 0.717) is 12.0 Å². The Morgan fingerprint density at radius 3 is 2.65 bits per heavy atom. The lowest BCUT2D eigenvalue weighted by molar-refractivity contribution is -0.167. The molecule has 2 rings (SSSR count). The lowest BCUT2D eigenvalue weighted by Crippen LogP contribution is -2.53. The quantitative estimate of drug-likeness (QED) is 0.622. The molecule has 0 bridgehead atoms. The van der Waals surface area contributed by atoms with E-state index in [-0.39, 0.29) is 28.8 Å². The molecule has 112 valence electrons. The van der Waals surface area contributed by atoms with Gasteiger partial charge in [-0.25, -0.2) is 0 Å². The minimum atomic E-state index is -0.707. The van der Waals surface area contributed by atoms with Crippen LogP contribution in [0, 0.1) is 16.7 Å². The number of carbonyl (C=O) groups excluding carboxylic acids is 2. The number of fused-ring (bicyclic) bond motifs is 1. The molecule has 20 heavy (non-hydrogen) atoms. The summed E-state index contributed by atoms with van der Waals surface area (Å²) < 4.78 is 5.48. The maximum Gasteiger partial charge on any atom is 0.302 e. The molecule has 0 aromatic heterocycles. The van der Waals surface area contributed by atoms with Gasteiger partial charge in [0, 0.05) is 17.9 Å². The summed E-state index contributed by atoms with van der Waals surface area (Å²) >= 11 is 0. The van der Waals surface area contributed by atoms with E-state index >= 15 is 0 Å². The van der Waals surface area contributed by atoms with E-state index in [0.717, 1.165) is 19.1 Å². The van der Waals surface area contributed by atoms with Crippen molar-refractivity contribution in [1.82, 2.24) is 0 Å². The molecule has 2 aliphatic rings. The standard InChI is InChI=1S/C16H24O4/c1-10(18)20-14-5-6-16(4)8-11(9-17)12(19)7-13(16)15(14,2)3/h8-9,12-14,19H,5-7H2,1-4H3/t12-,13-,14-,16+/m0/s1. The second kappa shape index (κ2) is 4.99. The highest BCUT2D eigenvalue weighted by atomic mass is 16.5. The molecular weight excluding hydrogens is 256 g/mol. The molecule has 0 radical (unpaired) electrons. The van der Waals surface area contributed by atoms with Gasteiger partial charge in [0.2, 0.25) is 0 Å². The highest BCUT2D eigenvalue weighted by Gasteiger charge is 2.54. The fourth-order valence-corrected chi connectivity index (χ4v) is 4.17. The number of allylic oxidation sites excluding steroid dienone is 1. The Bertz CT molecular complexity index is 451. The van der Waals surface area contributed by atoms with Gasteiger partial charge in [-0.2, -0.15) is 0 Å². The first-order valence-corrected chi connectivity index (χ1v) is 7.24. The lowest BCUT2D eigenvalue weighted by atomic mass is 9.51. The fraction of sp³-hybridized carbons (Fsp3) is 0.750. The maximum absolute atomic E-state index is 11.3. The molecule has 4 nitrogen and oxygen atoms in total. The second-order valence-corrected chi connectivity index (χ2v) is 7.03. The largest absolute Gasteiger partial charge is 0.462 e. The average Bonchev–Trinajstić information content (AvgIpc) is 2.35. The fourth-order valence-electron chi connectivity index (χ4n) is 4.17. The van der Waals surface area contributed by atoms with Gasteiger partial charge < -0.3 is 9.84 Å². The second-order valence-electron chi connectivity index (χ2n) is 7.03. The van der Waals surface area contributed by atoms with Crippen molar-refractivity contribution in [2.24, 2.45) is 16.7 Å². The van der Waals surface area contributed by atoms with Crippen LogP contribution < -0.4 is 0 Å². The minimum absolute atomic E-state index is 0.115. The number of aldehydes is 1. The van der Waals surface area contributed by atoms with Crippen LogP contribution in [0.1, 0.15) is 47.0 Å². The lowest BCUT2D eigenvalue weighted by Gasteiger charge is -2.55. The van der Waals surface area contributed by atoms with Crippen LogP contribution in [0.2, 0.25) is 0 Å². The van der Waals surface area contributed by atoms with Crippen molar-refractivity contribution < 1.29 is 19.4 Å². The van der Waals surface area contributed by atoms with Crippen molar-refractivity contribution >= 4 is 12.3 Å². The first kappa shape index (κ1) is 15.2. The molecule has 0 unspecified atom stereocenters. The first-order valence-electron chi connectivity index (χ1n) is 7.24. The Morgan fingerprint density at radius 2 is 2.10 bits per heavy atom. The highest BCUT2D eigenvalue weighted by molar-refractivity contribution is 5.75. The van der Waals surface area contributed by atoms with E-state index < -0.39 is 6.10 Å². The smallest absolute Gasteiger partial charge is 0.302 e. The molecular formula is C16H24O4. The summed E-state index contributed by atoms with van der Waals surface area (Å²) in [5, 5.41) is 10.1. The molecule has 2 aliphatic carbocycles. The molecule has 0 aliphatic heterocycles. The van der Waals surface area contributed by atoms with Crippen LogP contribution in [0.3, 0.4) is 0 Å². The van der Waals surface area contributed by atoms with Gasteiger partial charge >= 0.3 is 5.97 Å². The zero-order valence-electron chi connectivity index (χ0n) is 12.7. The topological polar surface area (TPSA) is 63.6 Å². The van der Waals surface area contributed by atoms with Gasteiger partial charge in [0.15, 0.2) is 0 Å².